The fourth-order valence-corrected chi connectivity index (χ4v) is 3.99. The summed E-state index contributed by atoms with van der Waals surface area (Å²) in [5.41, 5.74) is -2.41. The van der Waals surface area contributed by atoms with Crippen LogP contribution in [0.2, 0.25) is 0 Å². The molecule has 0 spiro atoms. The molecule has 3 heterocycles. The van der Waals surface area contributed by atoms with Crippen molar-refractivity contribution in [1.82, 2.24) is 19.4 Å². The first-order chi connectivity index (χ1) is 16.0. The summed E-state index contributed by atoms with van der Waals surface area (Å²) in [6, 6.07) is 8.61. The number of hydrogen-bond donors (Lipinski definition) is 1. The Kier molecular flexibility index (Phi) is 5.65. The number of carbonyl (C=O) groups is 1. The van der Waals surface area contributed by atoms with Crippen LogP contribution in [-0.4, -0.2) is 43.2 Å². The number of rotatable bonds is 3. The van der Waals surface area contributed by atoms with Gasteiger partial charge in [0.05, 0.1) is 41.7 Å². The van der Waals surface area contributed by atoms with Gasteiger partial charge in [0.25, 0.3) is 5.91 Å². The van der Waals surface area contributed by atoms with E-state index >= 15 is 4.39 Å². The van der Waals surface area contributed by atoms with E-state index in [1.165, 1.54) is 52.2 Å². The zero-order valence-corrected chi connectivity index (χ0v) is 18.1. The molecule has 176 valence electrons. The standard InChI is InChI=1S/C23H19F4N5O2/c1-13-11-31(12-16-10-30-21(32(13)16)22(2,34)23(25,26)27)20(33)17-7-8-29-19(18(17)24)15-5-3-14(9-28)4-6-15/h3-8,10,13,34H,11-12H2,1-2H3/t13-,22?/m0/s1. The van der Waals surface area contributed by atoms with E-state index in [0.29, 0.717) is 18.1 Å². The molecule has 1 aliphatic rings. The second-order valence-electron chi connectivity index (χ2n) is 8.26. The molecule has 4 rings (SSSR count). The molecule has 0 saturated carbocycles. The third kappa shape index (κ3) is 3.80. The lowest BCUT2D eigenvalue weighted by Gasteiger charge is -2.36. The fourth-order valence-electron chi connectivity index (χ4n) is 3.99. The molecular weight excluding hydrogens is 454 g/mol. The number of halogens is 4. The second-order valence-corrected chi connectivity index (χ2v) is 8.26. The van der Waals surface area contributed by atoms with Gasteiger partial charge in [0, 0.05) is 18.3 Å². The molecule has 1 unspecified atom stereocenters. The van der Waals surface area contributed by atoms with E-state index < -0.39 is 35.4 Å². The Morgan fingerprint density at radius 2 is 1.88 bits per heavy atom. The lowest BCUT2D eigenvalue weighted by atomic mass is 10.0. The summed E-state index contributed by atoms with van der Waals surface area (Å²) in [7, 11) is 0. The van der Waals surface area contributed by atoms with Crippen molar-refractivity contribution in [2.45, 2.75) is 38.2 Å². The first-order valence-electron chi connectivity index (χ1n) is 10.3. The van der Waals surface area contributed by atoms with E-state index in [1.807, 2.05) is 6.07 Å². The maximum atomic E-state index is 15.3. The van der Waals surface area contributed by atoms with Crippen LogP contribution in [-0.2, 0) is 12.1 Å². The number of fused-ring (bicyclic) bond motifs is 1. The van der Waals surface area contributed by atoms with E-state index in [1.54, 1.807) is 6.92 Å². The minimum atomic E-state index is -4.94. The predicted octanol–water partition coefficient (Wildman–Crippen LogP) is 3.94. The van der Waals surface area contributed by atoms with E-state index in [2.05, 4.69) is 9.97 Å². The van der Waals surface area contributed by atoms with Crippen molar-refractivity contribution in [3.8, 4) is 17.3 Å². The van der Waals surface area contributed by atoms with E-state index in [9.17, 15) is 23.1 Å². The number of hydrogen-bond acceptors (Lipinski definition) is 5. The van der Waals surface area contributed by atoms with Gasteiger partial charge in [-0.15, -0.1) is 0 Å². The first kappa shape index (κ1) is 23.4. The highest BCUT2D eigenvalue weighted by atomic mass is 19.4. The molecule has 0 fully saturated rings. The predicted molar refractivity (Wildman–Crippen MR) is 112 cm³/mol. The Morgan fingerprint density at radius 1 is 1.21 bits per heavy atom. The van der Waals surface area contributed by atoms with Gasteiger partial charge in [-0.25, -0.2) is 9.37 Å². The molecule has 7 nitrogen and oxygen atoms in total. The van der Waals surface area contributed by atoms with Crippen molar-refractivity contribution < 1.29 is 27.5 Å². The van der Waals surface area contributed by atoms with E-state index in [4.69, 9.17) is 5.26 Å². The van der Waals surface area contributed by atoms with Gasteiger partial charge in [-0.1, -0.05) is 12.1 Å². The molecule has 0 saturated heterocycles. The highest BCUT2D eigenvalue weighted by Gasteiger charge is 2.55. The average molecular weight is 473 g/mol. The number of aromatic nitrogens is 3. The Bertz CT molecular complexity index is 1290. The van der Waals surface area contributed by atoms with Crippen molar-refractivity contribution in [2.75, 3.05) is 6.54 Å². The number of nitriles is 1. The average Bonchev–Trinajstić information content (AvgIpc) is 3.24. The molecular formula is C23H19F4N5O2. The van der Waals surface area contributed by atoms with Crippen molar-refractivity contribution in [3.63, 3.8) is 0 Å². The third-order valence-corrected chi connectivity index (χ3v) is 5.83. The Balaban J connectivity index is 1.65. The number of alkyl halides is 3. The van der Waals surface area contributed by atoms with Gasteiger partial charge < -0.3 is 14.6 Å². The molecule has 1 aliphatic heterocycles. The van der Waals surface area contributed by atoms with E-state index in [-0.39, 0.29) is 30.0 Å². The van der Waals surface area contributed by atoms with E-state index in [0.717, 1.165) is 0 Å². The smallest absolute Gasteiger partial charge is 0.374 e. The van der Waals surface area contributed by atoms with Crippen LogP contribution in [0.1, 0.15) is 47.3 Å². The van der Waals surface area contributed by atoms with Crippen molar-refractivity contribution in [2.24, 2.45) is 0 Å². The first-order valence-corrected chi connectivity index (χ1v) is 10.3. The van der Waals surface area contributed by atoms with Gasteiger partial charge in [0.1, 0.15) is 5.69 Å². The lowest BCUT2D eigenvalue weighted by Crippen LogP contribution is -2.45. The summed E-state index contributed by atoms with van der Waals surface area (Å²) >= 11 is 0. The van der Waals surface area contributed by atoms with Gasteiger partial charge >= 0.3 is 6.18 Å². The molecule has 11 heteroatoms. The minimum Gasteiger partial charge on any atom is -0.374 e. The normalized spacial score (nSPS) is 17.6. The van der Waals surface area contributed by atoms with Gasteiger partial charge in [0.2, 0.25) is 5.60 Å². The van der Waals surface area contributed by atoms with Crippen LogP contribution < -0.4 is 0 Å². The molecule has 2 aromatic heterocycles. The molecule has 0 radical (unpaired) electrons. The lowest BCUT2D eigenvalue weighted by molar-refractivity contribution is -0.263. The Hall–Kier alpha value is -3.78. The van der Waals surface area contributed by atoms with Crippen LogP contribution in [0.5, 0.6) is 0 Å². The number of aliphatic hydroxyl groups is 1. The Morgan fingerprint density at radius 3 is 2.50 bits per heavy atom. The largest absolute Gasteiger partial charge is 0.424 e. The number of carbonyl (C=O) groups excluding carboxylic acids is 1. The van der Waals surface area contributed by atoms with Gasteiger partial charge in [0.15, 0.2) is 11.6 Å². The van der Waals surface area contributed by atoms with Crippen LogP contribution in [0.4, 0.5) is 17.6 Å². The highest BCUT2D eigenvalue weighted by molar-refractivity contribution is 5.95. The Labute approximate surface area is 191 Å². The van der Waals surface area contributed by atoms with Crippen LogP contribution in [0.15, 0.2) is 42.7 Å². The van der Waals surface area contributed by atoms with Crippen molar-refractivity contribution in [3.05, 3.63) is 71.2 Å². The molecule has 3 aromatic rings. The van der Waals surface area contributed by atoms with Crippen LogP contribution >= 0.6 is 0 Å². The third-order valence-electron chi connectivity index (χ3n) is 5.83. The topological polar surface area (TPSA) is 95.0 Å². The summed E-state index contributed by atoms with van der Waals surface area (Å²) in [4.78, 5) is 22.3. The summed E-state index contributed by atoms with van der Waals surface area (Å²) in [6.07, 6.45) is -2.47. The second kappa shape index (κ2) is 8.22. The van der Waals surface area contributed by atoms with Crippen LogP contribution in [0.3, 0.4) is 0 Å². The number of nitrogens with zero attached hydrogens (tertiary/aromatic N) is 5. The molecule has 34 heavy (non-hydrogen) atoms. The molecule has 1 N–H and O–H groups in total. The SMILES string of the molecule is C[C@H]1CN(C(=O)c2ccnc(-c3ccc(C#N)cc3)c2F)Cc2cnc(C(C)(O)C(F)(F)F)n21. The summed E-state index contributed by atoms with van der Waals surface area (Å²) in [6.45, 7) is 2.09. The van der Waals surface area contributed by atoms with Gasteiger partial charge in [-0.3, -0.25) is 9.78 Å². The van der Waals surface area contributed by atoms with Gasteiger partial charge in [-0.2, -0.15) is 18.4 Å². The minimum absolute atomic E-state index is 0.0168. The quantitative estimate of drug-likeness (QED) is 0.582. The maximum absolute atomic E-state index is 15.3. The summed E-state index contributed by atoms with van der Waals surface area (Å²) in [5.74, 6) is -2.06. The fraction of sp³-hybridized carbons (Fsp3) is 0.304. The maximum Gasteiger partial charge on any atom is 0.424 e. The zero-order valence-electron chi connectivity index (χ0n) is 18.1. The molecule has 0 bridgehead atoms. The summed E-state index contributed by atoms with van der Waals surface area (Å²) in [5, 5.41) is 19.0. The number of benzene rings is 1. The molecule has 1 aromatic carbocycles. The zero-order chi connectivity index (χ0) is 24.8. The van der Waals surface area contributed by atoms with Gasteiger partial charge in [-0.05, 0) is 32.0 Å². The number of amides is 1. The van der Waals surface area contributed by atoms with Crippen LogP contribution in [0.25, 0.3) is 11.3 Å². The monoisotopic (exact) mass is 473 g/mol. The summed E-state index contributed by atoms with van der Waals surface area (Å²) < 4.78 is 56.6. The highest BCUT2D eigenvalue weighted by Crippen LogP contribution is 2.40. The number of imidazole rings is 1. The van der Waals surface area contributed by atoms with Crippen LogP contribution in [0, 0.1) is 17.1 Å². The van der Waals surface area contributed by atoms with Crippen molar-refractivity contribution >= 4 is 5.91 Å². The number of pyridine rings is 1. The molecule has 1 amide bonds. The molecule has 2 atom stereocenters. The van der Waals surface area contributed by atoms with Crippen molar-refractivity contribution in [1.29, 1.82) is 5.26 Å². The molecule has 0 aliphatic carbocycles.